The van der Waals surface area contributed by atoms with E-state index in [-0.39, 0.29) is 95.1 Å². The van der Waals surface area contributed by atoms with E-state index < -0.39 is 111 Å². The van der Waals surface area contributed by atoms with Crippen molar-refractivity contribution in [2.24, 2.45) is 0 Å². The van der Waals surface area contributed by atoms with Crippen molar-refractivity contribution in [3.05, 3.63) is 309 Å². The van der Waals surface area contributed by atoms with Crippen molar-refractivity contribution in [3.63, 3.8) is 0 Å². The SMILES string of the molecule is C=C(C)C(=O)OCCCC(F)(F)C(F)(F)S(=O)(=O)[O-].C=C(C)C(=O)OCCCCC(F)(F)S(=O)(=O)[O-].C=C(C)C(=O)OCCOCCCC(F)(F)C(F)F.O=S([O-])[O-].c1ccc([S+](c2ccccc2)c2ccccc2)cc1.c1ccc([S+](c2ccccc2)c2ccccc2)cc1.c1ccc([S+](c2ccccc2)c2ccccc2)cc1. The number of esters is 3. The molecule has 9 aromatic carbocycles. The number of ether oxygens (including phenoxy) is 4. The van der Waals surface area contributed by atoms with Gasteiger partial charge in [0.15, 0.2) is 64.3 Å². The molecule has 0 fully saturated rings. The van der Waals surface area contributed by atoms with Gasteiger partial charge in [-0.15, -0.1) is 11.4 Å². The molecule has 0 amide bonds. The first-order valence-corrected chi connectivity index (χ1v) is 42.0. The summed E-state index contributed by atoms with van der Waals surface area (Å²) in [5.41, 5.74) is 0.406. The second kappa shape index (κ2) is 51.7. The fourth-order valence-electron chi connectivity index (χ4n) is 8.93. The predicted molar refractivity (Wildman–Crippen MR) is 420 cm³/mol. The molecule has 0 heterocycles. The molecule has 0 atom stereocenters. The minimum absolute atomic E-state index is 0.0146. The van der Waals surface area contributed by atoms with Crippen molar-refractivity contribution >= 4 is 82.2 Å². The topological polar surface area (TPSA) is 266 Å². The number of benzene rings is 9. The molecule has 0 saturated carbocycles. The summed E-state index contributed by atoms with van der Waals surface area (Å²) in [6, 6.07) is 96.5. The monoisotopic (exact) mass is 1720 g/mol. The van der Waals surface area contributed by atoms with Gasteiger partial charge in [0.05, 0.1) is 52.5 Å². The van der Waals surface area contributed by atoms with Crippen LogP contribution in [0.5, 0.6) is 0 Å². The van der Waals surface area contributed by atoms with E-state index in [2.05, 4.69) is 307 Å². The van der Waals surface area contributed by atoms with E-state index in [0.29, 0.717) is 0 Å². The third-order valence-corrected chi connectivity index (χ3v) is 23.1. The third-order valence-electron chi connectivity index (χ3n) is 14.5. The molecule has 9 aromatic rings. The van der Waals surface area contributed by atoms with Crippen LogP contribution in [0.15, 0.2) is 354 Å². The Kier molecular flexibility index (Phi) is 45.0. The minimum Gasteiger partial charge on any atom is -0.784 e. The van der Waals surface area contributed by atoms with Crippen LogP contribution in [-0.2, 0) is 97.6 Å². The summed E-state index contributed by atoms with van der Waals surface area (Å²) < 4.78 is 229. The summed E-state index contributed by atoms with van der Waals surface area (Å²) >= 11 is -3.11. The summed E-state index contributed by atoms with van der Waals surface area (Å²) in [6.45, 7) is 13.2. The molecule has 0 aliphatic heterocycles. The molecule has 0 aliphatic rings. The highest BCUT2D eigenvalue weighted by Gasteiger charge is 2.61. The van der Waals surface area contributed by atoms with Gasteiger partial charge in [-0.05, 0) is 156 Å². The van der Waals surface area contributed by atoms with E-state index in [1.165, 1.54) is 64.8 Å². The van der Waals surface area contributed by atoms with Crippen LogP contribution in [-0.4, -0.2) is 119 Å². The molecule has 0 radical (unpaired) electrons. The highest BCUT2D eigenvalue weighted by Crippen LogP contribution is 2.42. The van der Waals surface area contributed by atoms with Crippen LogP contribution < -0.4 is 0 Å². The fourth-order valence-corrected chi connectivity index (χ4v) is 16.1. The molecule has 0 saturated heterocycles. The van der Waals surface area contributed by atoms with E-state index in [4.69, 9.17) is 18.1 Å². The number of halogens is 10. The van der Waals surface area contributed by atoms with Gasteiger partial charge in [-0.2, -0.15) is 26.3 Å². The average Bonchev–Trinajstić information content (AvgIpc) is 0.788. The van der Waals surface area contributed by atoms with E-state index in [0.717, 1.165) is 0 Å². The van der Waals surface area contributed by atoms with Gasteiger partial charge in [0.2, 0.25) is 0 Å². The van der Waals surface area contributed by atoms with Crippen LogP contribution in [0.4, 0.5) is 43.9 Å². The van der Waals surface area contributed by atoms with Crippen LogP contribution in [0.25, 0.3) is 0 Å². The van der Waals surface area contributed by atoms with Crippen LogP contribution in [0, 0.1) is 0 Å². The Hall–Kier alpha value is -9.19. The van der Waals surface area contributed by atoms with Gasteiger partial charge in [0, 0.05) is 42.6 Å². The third kappa shape index (κ3) is 37.5. The molecule has 0 aromatic heterocycles. The lowest BCUT2D eigenvalue weighted by molar-refractivity contribution is -0.167. The molecule has 0 bridgehead atoms. The first kappa shape index (κ1) is 100. The van der Waals surface area contributed by atoms with Crippen molar-refractivity contribution < 1.29 is 116 Å². The Balaban J connectivity index is 0.000000354. The van der Waals surface area contributed by atoms with E-state index >= 15 is 0 Å². The van der Waals surface area contributed by atoms with Gasteiger partial charge >= 0.3 is 46.7 Å². The van der Waals surface area contributed by atoms with Gasteiger partial charge in [0.1, 0.15) is 6.61 Å². The second-order valence-corrected chi connectivity index (χ2v) is 33.2. The van der Waals surface area contributed by atoms with Crippen molar-refractivity contribution in [1.82, 2.24) is 0 Å². The Labute approximate surface area is 675 Å². The van der Waals surface area contributed by atoms with Gasteiger partial charge in [-0.25, -0.2) is 48.8 Å². The lowest BCUT2D eigenvalue weighted by atomic mass is 10.2. The van der Waals surface area contributed by atoms with Gasteiger partial charge in [-0.1, -0.05) is 184 Å². The molecule has 0 unspecified atom stereocenters. The lowest BCUT2D eigenvalue weighted by Gasteiger charge is -2.28. The van der Waals surface area contributed by atoms with Crippen LogP contribution in [0.3, 0.4) is 0 Å². The summed E-state index contributed by atoms with van der Waals surface area (Å²) in [5, 5.41) is -9.98. The Morgan fingerprint density at radius 3 is 0.809 bits per heavy atom. The maximum Gasteiger partial charge on any atom is 0.396 e. The average molecular weight is 1720 g/mol. The summed E-state index contributed by atoms with van der Waals surface area (Å²) in [5.74, 6) is -11.1. The molecule has 0 spiro atoms. The minimum atomic E-state index is -6.48. The second-order valence-electron chi connectivity index (χ2n) is 23.8. The summed E-state index contributed by atoms with van der Waals surface area (Å²) in [4.78, 5) is 44.8. The molecule has 620 valence electrons. The normalized spacial score (nSPS) is 11.4. The van der Waals surface area contributed by atoms with Crippen LogP contribution in [0.2, 0.25) is 0 Å². The van der Waals surface area contributed by atoms with E-state index in [1.54, 1.807) is 0 Å². The number of carbonyl (C=O) groups excluding carboxylic acids is 3. The molecule has 0 aliphatic carbocycles. The van der Waals surface area contributed by atoms with Gasteiger partial charge < -0.3 is 37.2 Å². The van der Waals surface area contributed by atoms with E-state index in [1.807, 2.05) is 0 Å². The van der Waals surface area contributed by atoms with Crippen LogP contribution in [0.1, 0.15) is 65.7 Å². The van der Waals surface area contributed by atoms with Crippen molar-refractivity contribution in [3.8, 4) is 0 Å². The Morgan fingerprint density at radius 1 is 0.365 bits per heavy atom. The largest absolute Gasteiger partial charge is 0.784 e. The highest BCUT2D eigenvalue weighted by molar-refractivity contribution is 7.97. The van der Waals surface area contributed by atoms with E-state index in [9.17, 15) is 84.2 Å². The molecular formula is C83H85F10O16S6-. The quantitative estimate of drug-likeness (QED) is 0.00554. The smallest absolute Gasteiger partial charge is 0.396 e. The van der Waals surface area contributed by atoms with Crippen molar-refractivity contribution in [2.45, 2.75) is 139 Å². The lowest BCUT2D eigenvalue weighted by Crippen LogP contribution is -2.46. The first-order chi connectivity index (χ1) is 54.3. The summed E-state index contributed by atoms with van der Waals surface area (Å²) in [7, 11) is -12.2. The molecule has 32 heteroatoms. The van der Waals surface area contributed by atoms with Gasteiger partial charge in [0.25, 0.3) is 0 Å². The molecule has 9 rings (SSSR count). The fraction of sp³-hybridized carbons (Fsp3) is 0.241. The maximum absolute atomic E-state index is 12.9. The zero-order valence-electron chi connectivity index (χ0n) is 62.4. The zero-order valence-corrected chi connectivity index (χ0v) is 67.3. The van der Waals surface area contributed by atoms with Gasteiger partial charge in [-0.3, -0.25) is 4.21 Å². The Bertz CT molecular complexity index is 4020. The standard InChI is InChI=1S/3C18H15S.C11H16F4O3.C9H12F4O5S.C9H14F2O5S.H2O3S/c3*1-4-10-16(11-5-1)19(17-12-6-2-7-13-17)18-14-8-3-9-15-18;1-8(2)9(16)18-7-6-17-5-3-4-11(14,15)10(12)13;1-6(2)7(14)18-5-3-4-8(10,11)9(12,13)19(15,16)17;1-7(2)8(12)16-6-4-3-5-9(10,11)17(13,14)15;1-4(2)3/h3*1-15H;10H,1,3-7H2,2H3;1,3-5H2,2H3,(H,15,16,17);1,3-6H2,2H3,(H,13,14,15);(H2,1,2,3)/q3*+1;;;;/p-4. The zero-order chi connectivity index (χ0) is 85.7. The van der Waals surface area contributed by atoms with Crippen LogP contribution >= 0.6 is 0 Å². The maximum atomic E-state index is 12.9. The van der Waals surface area contributed by atoms with Crippen molar-refractivity contribution in [1.29, 1.82) is 0 Å². The summed E-state index contributed by atoms with van der Waals surface area (Å²) in [6.07, 6.45) is -8.41. The molecule has 16 nitrogen and oxygen atoms in total. The number of unbranched alkanes of at least 4 members (excludes halogenated alkanes) is 1. The Morgan fingerprint density at radius 2 is 0.591 bits per heavy atom. The first-order valence-electron chi connectivity index (χ1n) is 34.5. The molecule has 0 N–H and O–H groups in total. The number of rotatable bonds is 32. The number of alkyl halides is 10. The molecule has 115 heavy (non-hydrogen) atoms. The van der Waals surface area contributed by atoms with Crippen molar-refractivity contribution in [2.75, 3.05) is 33.0 Å². The predicted octanol–water partition coefficient (Wildman–Crippen LogP) is 19.2. The highest BCUT2D eigenvalue weighted by atomic mass is 32.2. The molecular weight excluding hydrogens is 1640 g/mol. The number of carbonyl (C=O) groups is 3. The number of hydrogen-bond acceptors (Lipinski definition) is 16. The number of hydrogen-bond donors (Lipinski definition) is 0.